The number of benzene rings is 1. The molecule has 0 aliphatic rings. The lowest BCUT2D eigenvalue weighted by Crippen LogP contribution is -2.07. The average molecular weight is 296 g/mol. The van der Waals surface area contributed by atoms with Crippen LogP contribution in [-0.4, -0.2) is 14.7 Å². The zero-order chi connectivity index (χ0) is 12.4. The minimum Gasteiger partial charge on any atom is -0.358 e. The second kappa shape index (κ2) is 4.67. The van der Waals surface area contributed by atoms with Gasteiger partial charge in [-0.3, -0.25) is 0 Å². The van der Waals surface area contributed by atoms with Crippen LogP contribution in [0.5, 0.6) is 0 Å². The summed E-state index contributed by atoms with van der Waals surface area (Å²) in [6.45, 7) is 1.94. The van der Waals surface area contributed by atoms with Crippen molar-refractivity contribution in [2.75, 3.05) is 0 Å². The van der Waals surface area contributed by atoms with Crippen molar-refractivity contribution in [1.29, 1.82) is 0 Å². The van der Waals surface area contributed by atoms with Gasteiger partial charge in [-0.25, -0.2) is 0 Å². The van der Waals surface area contributed by atoms with Crippen molar-refractivity contribution < 1.29 is 4.92 Å². The predicted molar refractivity (Wildman–Crippen MR) is 66.8 cm³/mol. The number of nitro groups is 1. The average Bonchev–Trinajstić information content (AvgIpc) is 2.71. The van der Waals surface area contributed by atoms with Crippen LogP contribution < -0.4 is 0 Å². The van der Waals surface area contributed by atoms with Gasteiger partial charge in [0.25, 0.3) is 0 Å². The topological polar surface area (TPSA) is 61.0 Å². The lowest BCUT2D eigenvalue weighted by Gasteiger charge is -2.08. The monoisotopic (exact) mass is 295 g/mol. The lowest BCUT2D eigenvalue weighted by molar-refractivity contribution is -0.390. The van der Waals surface area contributed by atoms with Gasteiger partial charge in [-0.2, -0.15) is 4.68 Å². The molecule has 0 amide bonds. The number of hydrogen-bond donors (Lipinski definition) is 0. The van der Waals surface area contributed by atoms with Gasteiger partial charge < -0.3 is 10.1 Å². The lowest BCUT2D eigenvalue weighted by atomic mass is 10.1. The van der Waals surface area contributed by atoms with E-state index in [0.29, 0.717) is 4.47 Å². The summed E-state index contributed by atoms with van der Waals surface area (Å²) in [5.41, 5.74) is 1.05. The molecule has 88 valence electrons. The molecular weight excluding hydrogens is 286 g/mol. The number of hydrogen-bond acceptors (Lipinski definition) is 3. The van der Waals surface area contributed by atoms with Gasteiger partial charge in [-0.05, 0) is 33.3 Å². The molecule has 17 heavy (non-hydrogen) atoms. The van der Waals surface area contributed by atoms with Crippen LogP contribution in [0.2, 0.25) is 0 Å². The smallest absolute Gasteiger partial charge is 0.358 e. The number of aromatic nitrogens is 2. The molecular formula is C11H10BrN3O2. The molecule has 6 heteroatoms. The Bertz CT molecular complexity index is 539. The normalized spacial score (nSPS) is 12.4. The standard InChI is InChI=1S/C11H10BrN3O2/c1-8(9-5-3-2-4-6-9)14-7-10(12)11(13-14)15(16)17/h2-8H,1H3. The van der Waals surface area contributed by atoms with E-state index in [-0.39, 0.29) is 11.9 Å². The van der Waals surface area contributed by atoms with E-state index in [9.17, 15) is 10.1 Å². The molecule has 1 unspecified atom stereocenters. The van der Waals surface area contributed by atoms with Gasteiger partial charge in [0.1, 0.15) is 4.47 Å². The van der Waals surface area contributed by atoms with E-state index in [2.05, 4.69) is 21.0 Å². The SMILES string of the molecule is CC(c1ccccc1)n1cc(Br)c([N+](=O)[O-])n1. The maximum Gasteiger partial charge on any atom is 0.404 e. The molecule has 1 atom stereocenters. The first-order valence-corrected chi connectivity index (χ1v) is 5.83. The fourth-order valence-electron chi connectivity index (χ4n) is 1.57. The minimum absolute atomic E-state index is 0.0406. The highest BCUT2D eigenvalue weighted by molar-refractivity contribution is 9.10. The molecule has 1 heterocycles. The zero-order valence-corrected chi connectivity index (χ0v) is 10.7. The minimum atomic E-state index is -0.502. The summed E-state index contributed by atoms with van der Waals surface area (Å²) in [7, 11) is 0. The van der Waals surface area contributed by atoms with Crippen LogP contribution in [-0.2, 0) is 0 Å². The second-order valence-corrected chi connectivity index (χ2v) is 4.48. The Morgan fingerprint density at radius 2 is 2.06 bits per heavy atom. The quantitative estimate of drug-likeness (QED) is 0.645. The molecule has 0 spiro atoms. The Hall–Kier alpha value is -1.69. The first kappa shape index (κ1) is 11.8. The van der Waals surface area contributed by atoms with E-state index in [0.717, 1.165) is 5.56 Å². The van der Waals surface area contributed by atoms with Crippen molar-refractivity contribution in [1.82, 2.24) is 9.78 Å². The molecule has 1 aromatic heterocycles. The molecule has 5 nitrogen and oxygen atoms in total. The summed E-state index contributed by atoms with van der Waals surface area (Å²) in [4.78, 5) is 10.2. The fraction of sp³-hybridized carbons (Fsp3) is 0.182. The van der Waals surface area contributed by atoms with Gasteiger partial charge in [0.2, 0.25) is 0 Å². The van der Waals surface area contributed by atoms with Crippen molar-refractivity contribution in [3.8, 4) is 0 Å². The number of halogens is 1. The van der Waals surface area contributed by atoms with Crippen molar-refractivity contribution in [3.63, 3.8) is 0 Å². The van der Waals surface area contributed by atoms with Crippen LogP contribution >= 0.6 is 15.9 Å². The van der Waals surface area contributed by atoms with Crippen molar-refractivity contribution in [2.24, 2.45) is 0 Å². The van der Waals surface area contributed by atoms with Gasteiger partial charge in [0.15, 0.2) is 0 Å². The van der Waals surface area contributed by atoms with Gasteiger partial charge in [0, 0.05) is 0 Å². The van der Waals surface area contributed by atoms with Crippen LogP contribution in [0.3, 0.4) is 0 Å². The Balaban J connectivity index is 2.35. The third-order valence-corrected chi connectivity index (χ3v) is 3.08. The maximum absolute atomic E-state index is 10.7. The van der Waals surface area contributed by atoms with Gasteiger partial charge in [-0.15, -0.1) is 0 Å². The summed E-state index contributed by atoms with van der Waals surface area (Å²) in [5.74, 6) is -0.159. The Morgan fingerprint density at radius 3 is 2.59 bits per heavy atom. The number of rotatable bonds is 3. The highest BCUT2D eigenvalue weighted by Gasteiger charge is 2.21. The molecule has 0 saturated heterocycles. The van der Waals surface area contributed by atoms with E-state index in [4.69, 9.17) is 0 Å². The molecule has 0 aliphatic heterocycles. The Labute approximate surface area is 106 Å². The van der Waals surface area contributed by atoms with E-state index >= 15 is 0 Å². The first-order valence-electron chi connectivity index (χ1n) is 5.03. The predicted octanol–water partition coefficient (Wildman–Crippen LogP) is 3.16. The first-order chi connectivity index (χ1) is 8.09. The van der Waals surface area contributed by atoms with E-state index in [1.54, 1.807) is 10.9 Å². The maximum atomic E-state index is 10.7. The molecule has 0 N–H and O–H groups in total. The number of nitrogens with zero attached hydrogens (tertiary/aromatic N) is 3. The Kier molecular flexibility index (Phi) is 3.23. The molecule has 1 aromatic carbocycles. The van der Waals surface area contributed by atoms with Crippen molar-refractivity contribution in [2.45, 2.75) is 13.0 Å². The van der Waals surface area contributed by atoms with Gasteiger partial charge in [0.05, 0.1) is 17.3 Å². The van der Waals surface area contributed by atoms with Gasteiger partial charge in [-0.1, -0.05) is 30.3 Å². The second-order valence-electron chi connectivity index (χ2n) is 3.62. The zero-order valence-electron chi connectivity index (χ0n) is 9.08. The molecule has 0 fully saturated rings. The molecule has 0 aliphatic carbocycles. The van der Waals surface area contributed by atoms with E-state index < -0.39 is 4.92 Å². The molecule has 2 rings (SSSR count). The molecule has 0 radical (unpaired) electrons. The van der Waals surface area contributed by atoms with Crippen molar-refractivity contribution >= 4 is 21.7 Å². The summed E-state index contributed by atoms with van der Waals surface area (Å²) in [6, 6.07) is 9.68. The highest BCUT2D eigenvalue weighted by Crippen LogP contribution is 2.26. The summed E-state index contributed by atoms with van der Waals surface area (Å²) in [5, 5.41) is 14.7. The third kappa shape index (κ3) is 2.36. The summed E-state index contributed by atoms with van der Waals surface area (Å²) < 4.78 is 1.97. The van der Waals surface area contributed by atoms with Crippen LogP contribution in [0.15, 0.2) is 41.0 Å². The largest absolute Gasteiger partial charge is 0.404 e. The summed E-state index contributed by atoms with van der Waals surface area (Å²) in [6.07, 6.45) is 1.62. The van der Waals surface area contributed by atoms with E-state index in [1.165, 1.54) is 0 Å². The fourth-order valence-corrected chi connectivity index (χ4v) is 2.00. The third-order valence-electron chi connectivity index (χ3n) is 2.52. The van der Waals surface area contributed by atoms with Crippen molar-refractivity contribution in [3.05, 3.63) is 56.7 Å². The Morgan fingerprint density at radius 1 is 1.41 bits per heavy atom. The molecule has 2 aromatic rings. The molecule has 0 bridgehead atoms. The van der Waals surface area contributed by atoms with Crippen LogP contribution in [0.25, 0.3) is 0 Å². The summed E-state index contributed by atoms with van der Waals surface area (Å²) >= 11 is 3.13. The van der Waals surface area contributed by atoms with E-state index in [1.807, 2.05) is 37.3 Å². The van der Waals surface area contributed by atoms with Crippen LogP contribution in [0.1, 0.15) is 18.5 Å². The van der Waals surface area contributed by atoms with Crippen LogP contribution in [0.4, 0.5) is 5.82 Å². The molecule has 0 saturated carbocycles. The van der Waals surface area contributed by atoms with Crippen LogP contribution in [0, 0.1) is 10.1 Å². The van der Waals surface area contributed by atoms with Gasteiger partial charge >= 0.3 is 5.82 Å². The highest BCUT2D eigenvalue weighted by atomic mass is 79.9.